The monoisotopic (exact) mass is 289 g/mol. The van der Waals surface area contributed by atoms with E-state index in [1.165, 1.54) is 11.1 Å². The highest BCUT2D eigenvalue weighted by atomic mass is 35.5. The highest BCUT2D eigenvalue weighted by Crippen LogP contribution is 2.11. The quantitative estimate of drug-likeness (QED) is 0.791. The average molecular weight is 290 g/mol. The first-order valence-electron chi connectivity index (χ1n) is 6.82. The van der Waals surface area contributed by atoms with Crippen LogP contribution in [0.1, 0.15) is 11.1 Å². The molecule has 106 valence electrons. The number of alkyl halides is 1. The van der Waals surface area contributed by atoms with Gasteiger partial charge in [-0.25, -0.2) is 0 Å². The van der Waals surface area contributed by atoms with Crippen LogP contribution in [0, 0.1) is 0 Å². The molecule has 2 nitrogen and oxygen atoms in total. The van der Waals surface area contributed by atoms with Gasteiger partial charge in [-0.15, -0.1) is 11.6 Å². The minimum Gasteiger partial charge on any atom is -0.391 e. The molecule has 0 unspecified atom stereocenters. The molecule has 0 saturated heterocycles. The minimum absolute atomic E-state index is 0.264. The molecule has 0 radical (unpaired) electrons. The van der Waals surface area contributed by atoms with E-state index in [0.29, 0.717) is 6.54 Å². The van der Waals surface area contributed by atoms with E-state index in [1.54, 1.807) is 0 Å². The SMILES string of the molecule is O[C@@H](CCl)CN(Cc1ccccc1)Cc1ccccc1. The molecule has 3 heteroatoms. The lowest BCUT2D eigenvalue weighted by molar-refractivity contribution is 0.120. The zero-order valence-corrected chi connectivity index (χ0v) is 12.2. The normalized spacial score (nSPS) is 12.6. The van der Waals surface area contributed by atoms with Gasteiger partial charge in [0.1, 0.15) is 0 Å². The highest BCUT2D eigenvalue weighted by Gasteiger charge is 2.12. The predicted octanol–water partition coefficient (Wildman–Crippen LogP) is 3.29. The summed E-state index contributed by atoms with van der Waals surface area (Å²) in [4.78, 5) is 2.22. The second-order valence-corrected chi connectivity index (χ2v) is 5.26. The highest BCUT2D eigenvalue weighted by molar-refractivity contribution is 6.18. The molecule has 0 aliphatic heterocycles. The minimum atomic E-state index is -0.496. The Labute approximate surface area is 125 Å². The molecule has 0 amide bonds. The molecule has 1 atom stereocenters. The third-order valence-electron chi connectivity index (χ3n) is 3.15. The zero-order chi connectivity index (χ0) is 14.2. The third kappa shape index (κ3) is 4.97. The zero-order valence-electron chi connectivity index (χ0n) is 11.5. The van der Waals surface area contributed by atoms with E-state index in [2.05, 4.69) is 29.2 Å². The molecule has 0 spiro atoms. The van der Waals surface area contributed by atoms with E-state index in [0.717, 1.165) is 13.1 Å². The second-order valence-electron chi connectivity index (χ2n) is 4.95. The standard InChI is InChI=1S/C17H20ClNO/c18-11-17(20)14-19(12-15-7-3-1-4-8-15)13-16-9-5-2-6-10-16/h1-10,17,20H,11-14H2/t17-/m0/s1. The number of nitrogens with zero attached hydrogens (tertiary/aromatic N) is 1. The first kappa shape index (κ1) is 15.0. The van der Waals surface area contributed by atoms with E-state index in [-0.39, 0.29) is 5.88 Å². The van der Waals surface area contributed by atoms with Crippen LogP contribution < -0.4 is 0 Å². The van der Waals surface area contributed by atoms with E-state index in [9.17, 15) is 5.11 Å². The molecule has 2 aromatic carbocycles. The topological polar surface area (TPSA) is 23.5 Å². The van der Waals surface area contributed by atoms with E-state index in [1.807, 2.05) is 36.4 Å². The molecule has 0 aliphatic rings. The summed E-state index contributed by atoms with van der Waals surface area (Å²) >= 11 is 5.73. The van der Waals surface area contributed by atoms with Gasteiger partial charge < -0.3 is 5.11 Å². The van der Waals surface area contributed by atoms with Crippen molar-refractivity contribution in [2.24, 2.45) is 0 Å². The molecular weight excluding hydrogens is 270 g/mol. The van der Waals surface area contributed by atoms with Crippen LogP contribution in [0.3, 0.4) is 0 Å². The van der Waals surface area contributed by atoms with Gasteiger partial charge in [-0.3, -0.25) is 4.90 Å². The lowest BCUT2D eigenvalue weighted by Gasteiger charge is -2.24. The Bertz CT molecular complexity index is 447. The maximum atomic E-state index is 9.81. The van der Waals surface area contributed by atoms with Crippen LogP contribution in [-0.2, 0) is 13.1 Å². The number of hydrogen-bond donors (Lipinski definition) is 1. The summed E-state index contributed by atoms with van der Waals surface area (Å²) in [5.74, 6) is 0.264. The molecule has 0 saturated carbocycles. The van der Waals surface area contributed by atoms with Gasteiger partial charge in [-0.1, -0.05) is 60.7 Å². The molecule has 1 N–H and O–H groups in total. The first-order chi connectivity index (χ1) is 9.78. The fourth-order valence-electron chi connectivity index (χ4n) is 2.22. The first-order valence-corrected chi connectivity index (χ1v) is 7.35. The Morgan fingerprint density at radius 2 is 1.30 bits per heavy atom. The van der Waals surface area contributed by atoms with Crippen LogP contribution in [0.5, 0.6) is 0 Å². The number of halogens is 1. The van der Waals surface area contributed by atoms with E-state index < -0.39 is 6.10 Å². The summed E-state index contributed by atoms with van der Waals surface area (Å²) < 4.78 is 0. The number of aliphatic hydroxyl groups is 1. The molecule has 0 fully saturated rings. The molecule has 0 heterocycles. The van der Waals surface area contributed by atoms with Crippen molar-refractivity contribution < 1.29 is 5.11 Å². The van der Waals surface area contributed by atoms with E-state index in [4.69, 9.17) is 11.6 Å². The molecule has 0 aromatic heterocycles. The van der Waals surface area contributed by atoms with Gasteiger partial charge in [0.15, 0.2) is 0 Å². The molecule has 2 aromatic rings. The summed E-state index contributed by atoms with van der Waals surface area (Å²) in [5, 5.41) is 9.81. The summed E-state index contributed by atoms with van der Waals surface area (Å²) in [6.45, 7) is 2.20. The Balaban J connectivity index is 2.04. The lowest BCUT2D eigenvalue weighted by Crippen LogP contribution is -2.32. The van der Waals surface area contributed by atoms with Crippen molar-refractivity contribution in [1.29, 1.82) is 0 Å². The van der Waals surface area contributed by atoms with Crippen molar-refractivity contribution in [2.45, 2.75) is 19.2 Å². The number of hydrogen-bond acceptors (Lipinski definition) is 2. The molecule has 0 aliphatic carbocycles. The van der Waals surface area contributed by atoms with E-state index >= 15 is 0 Å². The number of rotatable bonds is 7. The smallest absolute Gasteiger partial charge is 0.0802 e. The van der Waals surface area contributed by atoms with Crippen LogP contribution in [-0.4, -0.2) is 28.5 Å². The third-order valence-corrected chi connectivity index (χ3v) is 3.50. The molecule has 2 rings (SSSR count). The summed E-state index contributed by atoms with van der Waals surface area (Å²) in [5.41, 5.74) is 2.48. The maximum absolute atomic E-state index is 9.81. The van der Waals surface area contributed by atoms with Crippen molar-refractivity contribution >= 4 is 11.6 Å². The van der Waals surface area contributed by atoms with Crippen molar-refractivity contribution in [2.75, 3.05) is 12.4 Å². The van der Waals surface area contributed by atoms with Gasteiger partial charge in [0.25, 0.3) is 0 Å². The summed E-state index contributed by atoms with van der Waals surface area (Å²) in [7, 11) is 0. The number of benzene rings is 2. The Kier molecular flexibility index (Phi) is 6.06. The van der Waals surface area contributed by atoms with Crippen molar-refractivity contribution in [1.82, 2.24) is 4.90 Å². The van der Waals surface area contributed by atoms with Gasteiger partial charge in [0.05, 0.1) is 6.10 Å². The predicted molar refractivity (Wildman–Crippen MR) is 83.7 cm³/mol. The van der Waals surface area contributed by atoms with Gasteiger partial charge in [-0.05, 0) is 11.1 Å². The van der Waals surface area contributed by atoms with Crippen LogP contribution in [0.4, 0.5) is 0 Å². The second kappa shape index (κ2) is 8.05. The Morgan fingerprint density at radius 1 is 0.850 bits per heavy atom. The van der Waals surface area contributed by atoms with Crippen LogP contribution in [0.2, 0.25) is 0 Å². The summed E-state index contributed by atoms with van der Waals surface area (Å²) in [6, 6.07) is 20.6. The Morgan fingerprint density at radius 3 is 1.70 bits per heavy atom. The van der Waals surface area contributed by atoms with Crippen molar-refractivity contribution in [3.8, 4) is 0 Å². The molecule has 20 heavy (non-hydrogen) atoms. The largest absolute Gasteiger partial charge is 0.391 e. The average Bonchev–Trinajstić information content (AvgIpc) is 2.49. The fourth-order valence-corrected chi connectivity index (χ4v) is 2.31. The van der Waals surface area contributed by atoms with Crippen LogP contribution in [0.25, 0.3) is 0 Å². The van der Waals surface area contributed by atoms with Crippen molar-refractivity contribution in [3.05, 3.63) is 71.8 Å². The van der Waals surface area contributed by atoms with Gasteiger partial charge in [-0.2, -0.15) is 0 Å². The molecular formula is C17H20ClNO. The summed E-state index contributed by atoms with van der Waals surface area (Å²) in [6.07, 6.45) is -0.496. The molecule has 0 bridgehead atoms. The van der Waals surface area contributed by atoms with Crippen LogP contribution >= 0.6 is 11.6 Å². The Hall–Kier alpha value is -1.35. The maximum Gasteiger partial charge on any atom is 0.0802 e. The fraction of sp³-hybridized carbons (Fsp3) is 0.294. The number of aliphatic hydroxyl groups excluding tert-OH is 1. The van der Waals surface area contributed by atoms with Gasteiger partial charge in [0, 0.05) is 25.5 Å². The van der Waals surface area contributed by atoms with Crippen LogP contribution in [0.15, 0.2) is 60.7 Å². The van der Waals surface area contributed by atoms with Gasteiger partial charge in [0.2, 0.25) is 0 Å². The van der Waals surface area contributed by atoms with Crippen molar-refractivity contribution in [3.63, 3.8) is 0 Å². The lowest BCUT2D eigenvalue weighted by atomic mass is 10.1. The van der Waals surface area contributed by atoms with Gasteiger partial charge >= 0.3 is 0 Å².